The molecule has 0 radical (unpaired) electrons. The molecule has 1 aromatic rings. The van der Waals surface area contributed by atoms with Crippen molar-refractivity contribution in [1.82, 2.24) is 0 Å². The summed E-state index contributed by atoms with van der Waals surface area (Å²) < 4.78 is 4.97. The van der Waals surface area contributed by atoms with Crippen molar-refractivity contribution in [2.24, 2.45) is 5.73 Å². The normalized spacial score (nSPS) is 16.1. The number of amides is 1. The Morgan fingerprint density at radius 2 is 2.12 bits per heavy atom. The van der Waals surface area contributed by atoms with Gasteiger partial charge < -0.3 is 10.5 Å². The molecule has 17 heavy (non-hydrogen) atoms. The van der Waals surface area contributed by atoms with Crippen molar-refractivity contribution in [3.8, 4) is 0 Å². The van der Waals surface area contributed by atoms with Gasteiger partial charge in [0.05, 0.1) is 0 Å². The Morgan fingerprint density at radius 1 is 1.41 bits per heavy atom. The van der Waals surface area contributed by atoms with Gasteiger partial charge in [-0.15, -0.1) is 11.3 Å². The van der Waals surface area contributed by atoms with Gasteiger partial charge in [-0.1, -0.05) is 0 Å². The Bertz CT molecular complexity index is 429. The summed E-state index contributed by atoms with van der Waals surface area (Å²) in [4.78, 5) is 24.4. The number of fused-ring (bicyclic) bond motifs is 1. The maximum Gasteiger partial charge on any atom is 0.349 e. The van der Waals surface area contributed by atoms with Gasteiger partial charge >= 0.3 is 5.97 Å². The van der Waals surface area contributed by atoms with E-state index in [1.807, 2.05) is 6.07 Å². The molecule has 1 atom stereocenters. The van der Waals surface area contributed by atoms with Crippen LogP contribution in [0.25, 0.3) is 0 Å². The lowest BCUT2D eigenvalue weighted by atomic mass is 9.99. The summed E-state index contributed by atoms with van der Waals surface area (Å²) in [7, 11) is 0. The minimum Gasteiger partial charge on any atom is -0.448 e. The molecule has 0 unspecified atom stereocenters. The first-order chi connectivity index (χ1) is 8.08. The number of ether oxygens (including phenoxy) is 1. The number of carbonyl (C=O) groups excluding carboxylic acids is 2. The Labute approximate surface area is 104 Å². The van der Waals surface area contributed by atoms with Crippen LogP contribution in [0, 0.1) is 0 Å². The summed E-state index contributed by atoms with van der Waals surface area (Å²) in [6.07, 6.45) is 3.56. The summed E-state index contributed by atoms with van der Waals surface area (Å²) in [5.41, 5.74) is 6.30. The zero-order valence-corrected chi connectivity index (χ0v) is 10.5. The van der Waals surface area contributed by atoms with Gasteiger partial charge in [-0.25, -0.2) is 4.79 Å². The van der Waals surface area contributed by atoms with Crippen LogP contribution >= 0.6 is 11.3 Å². The van der Waals surface area contributed by atoms with Crippen LogP contribution in [-0.2, 0) is 22.4 Å². The zero-order chi connectivity index (χ0) is 12.4. The molecule has 4 nitrogen and oxygen atoms in total. The lowest BCUT2D eigenvalue weighted by Crippen LogP contribution is -2.30. The van der Waals surface area contributed by atoms with Crippen molar-refractivity contribution in [3.63, 3.8) is 0 Å². The topological polar surface area (TPSA) is 69.4 Å². The minimum atomic E-state index is -0.873. The Kier molecular flexibility index (Phi) is 3.47. The molecule has 5 heteroatoms. The van der Waals surface area contributed by atoms with E-state index in [4.69, 9.17) is 10.5 Å². The molecular weight excluding hydrogens is 238 g/mol. The van der Waals surface area contributed by atoms with Crippen molar-refractivity contribution in [1.29, 1.82) is 0 Å². The molecule has 1 aliphatic rings. The van der Waals surface area contributed by atoms with Gasteiger partial charge in [0.15, 0.2) is 6.10 Å². The molecule has 1 amide bonds. The van der Waals surface area contributed by atoms with Crippen LogP contribution in [-0.4, -0.2) is 18.0 Å². The second-order valence-corrected chi connectivity index (χ2v) is 5.35. The maximum absolute atomic E-state index is 11.8. The van der Waals surface area contributed by atoms with Gasteiger partial charge in [0.1, 0.15) is 4.88 Å². The molecule has 0 bridgehead atoms. The van der Waals surface area contributed by atoms with E-state index in [1.165, 1.54) is 41.5 Å². The van der Waals surface area contributed by atoms with E-state index in [0.29, 0.717) is 4.88 Å². The molecule has 2 rings (SSSR count). The number of rotatable bonds is 3. The van der Waals surface area contributed by atoms with Crippen molar-refractivity contribution in [3.05, 3.63) is 21.4 Å². The monoisotopic (exact) mass is 253 g/mol. The molecule has 0 fully saturated rings. The van der Waals surface area contributed by atoms with E-state index in [9.17, 15) is 9.59 Å². The van der Waals surface area contributed by atoms with Crippen molar-refractivity contribution in [2.75, 3.05) is 0 Å². The Balaban J connectivity index is 2.09. The first-order valence-electron chi connectivity index (χ1n) is 5.70. The molecule has 0 spiro atoms. The molecule has 0 saturated carbocycles. The van der Waals surface area contributed by atoms with Gasteiger partial charge in [-0.05, 0) is 44.2 Å². The zero-order valence-electron chi connectivity index (χ0n) is 9.69. The third kappa shape index (κ3) is 2.66. The predicted molar refractivity (Wildman–Crippen MR) is 65.0 cm³/mol. The fraction of sp³-hybridized carbons (Fsp3) is 0.500. The third-order valence-corrected chi connectivity index (χ3v) is 4.10. The number of hydrogen-bond donors (Lipinski definition) is 1. The van der Waals surface area contributed by atoms with Crippen molar-refractivity contribution >= 4 is 23.2 Å². The van der Waals surface area contributed by atoms with Gasteiger partial charge in [-0.2, -0.15) is 0 Å². The van der Waals surface area contributed by atoms with Crippen LogP contribution in [0.15, 0.2) is 6.07 Å². The van der Waals surface area contributed by atoms with Gasteiger partial charge in [0, 0.05) is 4.88 Å². The highest BCUT2D eigenvalue weighted by atomic mass is 32.1. The number of esters is 1. The van der Waals surface area contributed by atoms with Gasteiger partial charge in [0.2, 0.25) is 0 Å². The molecule has 0 aliphatic heterocycles. The van der Waals surface area contributed by atoms with E-state index in [0.717, 1.165) is 12.8 Å². The van der Waals surface area contributed by atoms with Crippen LogP contribution in [0.5, 0.6) is 0 Å². The molecular formula is C12H15NO3S. The largest absolute Gasteiger partial charge is 0.448 e. The highest BCUT2D eigenvalue weighted by Crippen LogP contribution is 2.30. The standard InChI is InChI=1S/C12H15NO3S/c1-7(11(13)14)16-12(15)10-6-8-4-2-3-5-9(8)17-10/h6-7H,2-5H2,1H3,(H2,13,14)/t7-/m1/s1. The predicted octanol–water partition coefficient (Wildman–Crippen LogP) is 1.66. The summed E-state index contributed by atoms with van der Waals surface area (Å²) in [6, 6.07) is 1.88. The van der Waals surface area contributed by atoms with E-state index in [2.05, 4.69) is 0 Å². The molecule has 1 aliphatic carbocycles. The number of primary amides is 1. The average Bonchev–Trinajstić information content (AvgIpc) is 2.72. The number of aryl methyl sites for hydroxylation is 2. The van der Waals surface area contributed by atoms with Crippen LogP contribution in [0.2, 0.25) is 0 Å². The lowest BCUT2D eigenvalue weighted by Gasteiger charge is -2.08. The first kappa shape index (κ1) is 12.1. The molecule has 0 saturated heterocycles. The third-order valence-electron chi connectivity index (χ3n) is 2.88. The highest BCUT2D eigenvalue weighted by Gasteiger charge is 2.21. The van der Waals surface area contributed by atoms with E-state index >= 15 is 0 Å². The average molecular weight is 253 g/mol. The number of nitrogens with two attached hydrogens (primary N) is 1. The summed E-state index contributed by atoms with van der Waals surface area (Å²) in [5, 5.41) is 0. The Morgan fingerprint density at radius 3 is 2.76 bits per heavy atom. The minimum absolute atomic E-state index is 0.448. The van der Waals surface area contributed by atoms with Crippen LogP contribution < -0.4 is 5.73 Å². The quantitative estimate of drug-likeness (QED) is 0.833. The van der Waals surface area contributed by atoms with Crippen LogP contribution in [0.4, 0.5) is 0 Å². The highest BCUT2D eigenvalue weighted by molar-refractivity contribution is 7.14. The van der Waals surface area contributed by atoms with Crippen LogP contribution in [0.1, 0.15) is 39.9 Å². The fourth-order valence-corrected chi connectivity index (χ4v) is 3.00. The molecule has 1 heterocycles. The lowest BCUT2D eigenvalue weighted by molar-refractivity contribution is -0.125. The fourth-order valence-electron chi connectivity index (χ4n) is 1.87. The smallest absolute Gasteiger partial charge is 0.349 e. The Hall–Kier alpha value is -1.36. The summed E-state index contributed by atoms with van der Waals surface area (Å²) in [6.45, 7) is 1.48. The number of thiophene rings is 1. The SMILES string of the molecule is C[C@@H](OC(=O)c1cc2c(s1)CCCC2)C(N)=O. The summed E-state index contributed by atoms with van der Waals surface area (Å²) >= 11 is 1.47. The summed E-state index contributed by atoms with van der Waals surface area (Å²) in [5.74, 6) is -1.07. The number of carbonyl (C=O) groups is 2. The molecule has 2 N–H and O–H groups in total. The van der Waals surface area contributed by atoms with E-state index in [1.54, 1.807) is 0 Å². The second kappa shape index (κ2) is 4.87. The van der Waals surface area contributed by atoms with Gasteiger partial charge in [-0.3, -0.25) is 4.79 Å². The molecule has 0 aromatic carbocycles. The molecule has 92 valence electrons. The van der Waals surface area contributed by atoms with Gasteiger partial charge in [0.25, 0.3) is 5.91 Å². The maximum atomic E-state index is 11.8. The number of hydrogen-bond acceptors (Lipinski definition) is 4. The van der Waals surface area contributed by atoms with Crippen molar-refractivity contribution in [2.45, 2.75) is 38.7 Å². The second-order valence-electron chi connectivity index (χ2n) is 4.22. The first-order valence-corrected chi connectivity index (χ1v) is 6.51. The van der Waals surface area contributed by atoms with Crippen molar-refractivity contribution < 1.29 is 14.3 Å². The van der Waals surface area contributed by atoms with E-state index < -0.39 is 18.0 Å². The van der Waals surface area contributed by atoms with Crippen LogP contribution in [0.3, 0.4) is 0 Å². The van der Waals surface area contributed by atoms with E-state index in [-0.39, 0.29) is 0 Å². The molecule has 1 aromatic heterocycles.